The standard InChI is InChI=1S/C13H13FO2/c1-2-16-13(15)10-4-3-9-5-6-12(14)8-11(9)7-10/h5-8H,2-4H2,1H3. The highest BCUT2D eigenvalue weighted by atomic mass is 19.1. The zero-order valence-corrected chi connectivity index (χ0v) is 9.13. The summed E-state index contributed by atoms with van der Waals surface area (Å²) in [4.78, 5) is 11.5. The van der Waals surface area contributed by atoms with E-state index in [1.54, 1.807) is 19.1 Å². The number of benzene rings is 1. The normalized spacial score (nSPS) is 14.0. The molecule has 1 aliphatic carbocycles. The summed E-state index contributed by atoms with van der Waals surface area (Å²) in [6.45, 7) is 2.14. The van der Waals surface area contributed by atoms with E-state index in [1.807, 2.05) is 0 Å². The van der Waals surface area contributed by atoms with Crippen LogP contribution in [0.5, 0.6) is 0 Å². The van der Waals surface area contributed by atoms with Gasteiger partial charge in [-0.3, -0.25) is 0 Å². The van der Waals surface area contributed by atoms with Gasteiger partial charge in [-0.2, -0.15) is 0 Å². The number of aryl methyl sites for hydroxylation is 1. The zero-order valence-electron chi connectivity index (χ0n) is 9.13. The second-order valence-corrected chi connectivity index (χ2v) is 3.73. The first-order valence-corrected chi connectivity index (χ1v) is 5.37. The van der Waals surface area contributed by atoms with Gasteiger partial charge in [0.05, 0.1) is 6.61 Å². The van der Waals surface area contributed by atoms with Crippen molar-refractivity contribution in [3.05, 3.63) is 40.7 Å². The number of rotatable bonds is 2. The maximum absolute atomic E-state index is 13.0. The van der Waals surface area contributed by atoms with E-state index in [1.165, 1.54) is 12.1 Å². The van der Waals surface area contributed by atoms with Crippen LogP contribution < -0.4 is 0 Å². The number of hydrogen-bond donors (Lipinski definition) is 0. The fraction of sp³-hybridized carbons (Fsp3) is 0.308. The van der Waals surface area contributed by atoms with Gasteiger partial charge in [0.25, 0.3) is 0 Å². The lowest BCUT2D eigenvalue weighted by atomic mass is 9.92. The third-order valence-corrected chi connectivity index (χ3v) is 2.64. The Morgan fingerprint density at radius 2 is 2.25 bits per heavy atom. The molecule has 2 rings (SSSR count). The molecule has 0 N–H and O–H groups in total. The molecule has 0 atom stereocenters. The highest BCUT2D eigenvalue weighted by Gasteiger charge is 2.17. The Bertz CT molecular complexity index is 449. The van der Waals surface area contributed by atoms with E-state index in [4.69, 9.17) is 4.74 Å². The Morgan fingerprint density at radius 1 is 1.44 bits per heavy atom. The molecule has 0 aromatic heterocycles. The first-order chi connectivity index (χ1) is 7.70. The molecule has 0 saturated carbocycles. The molecule has 3 heteroatoms. The van der Waals surface area contributed by atoms with Crippen LogP contribution in [0.4, 0.5) is 4.39 Å². The summed E-state index contributed by atoms with van der Waals surface area (Å²) in [6.07, 6.45) is 3.15. The SMILES string of the molecule is CCOC(=O)C1=Cc2cc(F)ccc2CC1. The third kappa shape index (κ3) is 2.13. The summed E-state index contributed by atoms with van der Waals surface area (Å²) in [5, 5.41) is 0. The van der Waals surface area contributed by atoms with Crippen LogP contribution in [-0.4, -0.2) is 12.6 Å². The lowest BCUT2D eigenvalue weighted by Crippen LogP contribution is -2.11. The van der Waals surface area contributed by atoms with Crippen LogP contribution in [0.3, 0.4) is 0 Å². The minimum absolute atomic E-state index is 0.278. The number of carbonyl (C=O) groups excluding carboxylic acids is 1. The molecule has 1 aromatic carbocycles. The predicted molar refractivity (Wildman–Crippen MR) is 59.3 cm³/mol. The molecule has 0 amide bonds. The average molecular weight is 220 g/mol. The molecular weight excluding hydrogens is 207 g/mol. The number of ether oxygens (including phenoxy) is 1. The Morgan fingerprint density at radius 3 is 3.00 bits per heavy atom. The van der Waals surface area contributed by atoms with Crippen LogP contribution in [-0.2, 0) is 16.0 Å². The molecule has 0 bridgehead atoms. The van der Waals surface area contributed by atoms with Crippen molar-refractivity contribution in [1.82, 2.24) is 0 Å². The molecule has 0 aliphatic heterocycles. The Hall–Kier alpha value is -1.64. The number of hydrogen-bond acceptors (Lipinski definition) is 2. The monoisotopic (exact) mass is 220 g/mol. The number of fused-ring (bicyclic) bond motifs is 1. The zero-order chi connectivity index (χ0) is 11.5. The second kappa shape index (κ2) is 4.47. The van der Waals surface area contributed by atoms with Crippen LogP contribution in [0.25, 0.3) is 6.08 Å². The van der Waals surface area contributed by atoms with Crippen molar-refractivity contribution in [1.29, 1.82) is 0 Å². The van der Waals surface area contributed by atoms with E-state index < -0.39 is 0 Å². The first-order valence-electron chi connectivity index (χ1n) is 5.37. The molecular formula is C13H13FO2. The van der Waals surface area contributed by atoms with Crippen LogP contribution in [0.1, 0.15) is 24.5 Å². The van der Waals surface area contributed by atoms with E-state index in [0.29, 0.717) is 18.6 Å². The van der Waals surface area contributed by atoms with Gasteiger partial charge < -0.3 is 4.74 Å². The van der Waals surface area contributed by atoms with Crippen molar-refractivity contribution in [2.24, 2.45) is 0 Å². The van der Waals surface area contributed by atoms with Crippen LogP contribution in [0.2, 0.25) is 0 Å². The Kier molecular flexibility index (Phi) is 3.04. The van der Waals surface area contributed by atoms with Gasteiger partial charge in [-0.1, -0.05) is 6.07 Å². The average Bonchev–Trinajstić information content (AvgIpc) is 2.28. The van der Waals surface area contributed by atoms with Crippen molar-refractivity contribution in [3.8, 4) is 0 Å². The molecule has 0 fully saturated rings. The fourth-order valence-electron chi connectivity index (χ4n) is 1.84. The molecule has 0 unspecified atom stereocenters. The molecule has 2 nitrogen and oxygen atoms in total. The smallest absolute Gasteiger partial charge is 0.334 e. The van der Waals surface area contributed by atoms with Crippen LogP contribution >= 0.6 is 0 Å². The van der Waals surface area contributed by atoms with Gasteiger partial charge in [0.15, 0.2) is 0 Å². The van der Waals surface area contributed by atoms with E-state index >= 15 is 0 Å². The number of halogens is 1. The van der Waals surface area contributed by atoms with E-state index in [0.717, 1.165) is 17.5 Å². The highest BCUT2D eigenvalue weighted by molar-refractivity contribution is 5.94. The third-order valence-electron chi connectivity index (χ3n) is 2.64. The fourth-order valence-corrected chi connectivity index (χ4v) is 1.84. The van der Waals surface area contributed by atoms with Gasteiger partial charge >= 0.3 is 5.97 Å². The lowest BCUT2D eigenvalue weighted by molar-refractivity contribution is -0.138. The van der Waals surface area contributed by atoms with Crippen molar-refractivity contribution in [3.63, 3.8) is 0 Å². The van der Waals surface area contributed by atoms with Gasteiger partial charge in [-0.25, -0.2) is 9.18 Å². The molecule has 0 radical (unpaired) electrons. The van der Waals surface area contributed by atoms with E-state index in [2.05, 4.69) is 0 Å². The molecule has 0 heterocycles. The second-order valence-electron chi connectivity index (χ2n) is 3.73. The first kappa shape index (κ1) is 10.9. The van der Waals surface area contributed by atoms with Gasteiger partial charge in [-0.05, 0) is 49.1 Å². The van der Waals surface area contributed by atoms with Crippen molar-refractivity contribution in [2.45, 2.75) is 19.8 Å². The van der Waals surface area contributed by atoms with E-state index in [9.17, 15) is 9.18 Å². The molecule has 16 heavy (non-hydrogen) atoms. The highest BCUT2D eigenvalue weighted by Crippen LogP contribution is 2.25. The predicted octanol–water partition coefficient (Wildman–Crippen LogP) is 2.72. The number of esters is 1. The summed E-state index contributed by atoms with van der Waals surface area (Å²) in [7, 11) is 0. The minimum atomic E-state index is -0.294. The molecule has 1 aliphatic rings. The van der Waals surface area contributed by atoms with Crippen molar-refractivity contribution < 1.29 is 13.9 Å². The Balaban J connectivity index is 2.30. The number of carbonyl (C=O) groups is 1. The summed E-state index contributed by atoms with van der Waals surface area (Å²) >= 11 is 0. The van der Waals surface area contributed by atoms with Gasteiger partial charge in [0.1, 0.15) is 5.82 Å². The van der Waals surface area contributed by atoms with E-state index in [-0.39, 0.29) is 11.8 Å². The summed E-state index contributed by atoms with van der Waals surface area (Å²) in [5.41, 5.74) is 2.49. The van der Waals surface area contributed by atoms with Crippen molar-refractivity contribution >= 4 is 12.0 Å². The molecule has 0 saturated heterocycles. The summed E-state index contributed by atoms with van der Waals surface area (Å²) in [5.74, 6) is -0.572. The maximum atomic E-state index is 13.0. The quantitative estimate of drug-likeness (QED) is 0.716. The van der Waals surface area contributed by atoms with Crippen LogP contribution in [0, 0.1) is 5.82 Å². The maximum Gasteiger partial charge on any atom is 0.334 e. The largest absolute Gasteiger partial charge is 0.463 e. The molecule has 84 valence electrons. The van der Waals surface area contributed by atoms with Gasteiger partial charge in [0, 0.05) is 5.57 Å². The lowest BCUT2D eigenvalue weighted by Gasteiger charge is -2.15. The van der Waals surface area contributed by atoms with Crippen LogP contribution in [0.15, 0.2) is 23.8 Å². The van der Waals surface area contributed by atoms with Crippen molar-refractivity contribution in [2.75, 3.05) is 6.61 Å². The molecule has 1 aromatic rings. The minimum Gasteiger partial charge on any atom is -0.463 e. The Labute approximate surface area is 93.7 Å². The van der Waals surface area contributed by atoms with Gasteiger partial charge in [0.2, 0.25) is 0 Å². The topological polar surface area (TPSA) is 26.3 Å². The summed E-state index contributed by atoms with van der Waals surface area (Å²) < 4.78 is 18.0. The van der Waals surface area contributed by atoms with Gasteiger partial charge in [-0.15, -0.1) is 0 Å². The molecule has 0 spiro atoms. The summed E-state index contributed by atoms with van der Waals surface area (Å²) in [6, 6.07) is 4.67.